The highest BCUT2D eigenvalue weighted by Gasteiger charge is 2.51. The summed E-state index contributed by atoms with van der Waals surface area (Å²) in [5.41, 5.74) is 0.953. The maximum absolute atomic E-state index is 14.1. The number of hydrogen-bond acceptors (Lipinski definition) is 5. The van der Waals surface area contributed by atoms with E-state index in [1.807, 2.05) is 37.3 Å². The summed E-state index contributed by atoms with van der Waals surface area (Å²) in [4.78, 5) is 3.02. The molecule has 4 rings (SSSR count). The number of alkyl halides is 2. The minimum Gasteiger partial charge on any atom is -0.483 e. The number of ether oxygens (including phenoxy) is 3. The van der Waals surface area contributed by atoms with Gasteiger partial charge in [0.25, 0.3) is 0 Å². The molecule has 4 atom stereocenters. The van der Waals surface area contributed by atoms with Gasteiger partial charge in [0.15, 0.2) is 26.6 Å². The topological polar surface area (TPSA) is 82.1 Å². The third-order valence-corrected chi connectivity index (χ3v) is 11.5. The summed E-state index contributed by atoms with van der Waals surface area (Å²) in [5, 5.41) is -4.45. The summed E-state index contributed by atoms with van der Waals surface area (Å²) in [6.07, 6.45) is 3.25. The summed E-state index contributed by atoms with van der Waals surface area (Å²) in [6, 6.07) is 24.9. The number of halogens is 2. The van der Waals surface area contributed by atoms with Crippen molar-refractivity contribution in [1.29, 1.82) is 0 Å². The fourth-order valence-electron chi connectivity index (χ4n) is 5.58. The molecule has 0 amide bonds. The van der Waals surface area contributed by atoms with Gasteiger partial charge in [0.2, 0.25) is 0 Å². The zero-order chi connectivity index (χ0) is 33.7. The van der Waals surface area contributed by atoms with Crippen LogP contribution in [0.1, 0.15) is 79.2 Å². The van der Waals surface area contributed by atoms with Gasteiger partial charge in [0.1, 0.15) is 5.75 Å². The number of rotatable bonds is 14. The van der Waals surface area contributed by atoms with Gasteiger partial charge in [-0.25, -0.2) is 0 Å². The van der Waals surface area contributed by atoms with Crippen LogP contribution in [0.5, 0.6) is 5.75 Å². The first-order valence-corrected chi connectivity index (χ1v) is 18.6. The van der Waals surface area contributed by atoms with Crippen LogP contribution in [0.4, 0.5) is 8.78 Å². The van der Waals surface area contributed by atoms with Gasteiger partial charge in [0.05, 0.1) is 23.1 Å². The van der Waals surface area contributed by atoms with E-state index in [1.165, 1.54) is 12.1 Å². The lowest BCUT2D eigenvalue weighted by Crippen LogP contribution is -2.44. The van der Waals surface area contributed by atoms with Crippen molar-refractivity contribution < 1.29 is 36.0 Å². The van der Waals surface area contributed by atoms with E-state index in [0.29, 0.717) is 11.8 Å². The predicted molar refractivity (Wildman–Crippen MR) is 178 cm³/mol. The van der Waals surface area contributed by atoms with E-state index in [0.717, 1.165) is 59.3 Å². The third kappa shape index (κ3) is 9.10. The predicted octanol–water partition coefficient (Wildman–Crippen LogP) is 9.25. The second kappa shape index (κ2) is 15.2. The number of hydrogen-bond donors (Lipinski definition) is 1. The van der Waals surface area contributed by atoms with E-state index in [9.17, 15) is 17.2 Å². The first-order chi connectivity index (χ1) is 21.6. The molecule has 1 aliphatic heterocycles. The van der Waals surface area contributed by atoms with Crippen LogP contribution in [0.15, 0.2) is 93.5 Å². The van der Waals surface area contributed by atoms with Gasteiger partial charge in [-0.2, -0.15) is 17.2 Å². The van der Waals surface area contributed by atoms with Gasteiger partial charge in [-0.05, 0) is 112 Å². The summed E-state index contributed by atoms with van der Waals surface area (Å²) in [6.45, 7) is 11.9. The Morgan fingerprint density at radius 3 is 1.74 bits per heavy atom. The second-order valence-corrected chi connectivity index (χ2v) is 16.5. The Morgan fingerprint density at radius 1 is 0.826 bits per heavy atom. The maximum Gasteiger partial charge on any atom is 0.405 e. The third-order valence-electron chi connectivity index (χ3n) is 8.22. The van der Waals surface area contributed by atoms with Crippen LogP contribution in [0.3, 0.4) is 0 Å². The minimum atomic E-state index is -5.63. The Hall–Kier alpha value is -2.50. The average molecular weight is 678 g/mol. The second-order valence-electron chi connectivity index (χ2n) is 13.0. The highest BCUT2D eigenvalue weighted by molar-refractivity contribution is 7.97. The zero-order valence-electron chi connectivity index (χ0n) is 27.5. The first-order valence-electron chi connectivity index (χ1n) is 16.0. The van der Waals surface area contributed by atoms with Gasteiger partial charge < -0.3 is 14.2 Å². The Labute approximate surface area is 276 Å². The van der Waals surface area contributed by atoms with Crippen molar-refractivity contribution in [3.63, 3.8) is 0 Å². The van der Waals surface area contributed by atoms with Crippen molar-refractivity contribution in [2.75, 3.05) is 0 Å². The van der Waals surface area contributed by atoms with E-state index < -0.39 is 38.2 Å². The fraction of sp³-hybridized carbons (Fsp3) is 0.500. The molecule has 1 aliphatic rings. The Morgan fingerprint density at radius 2 is 1.28 bits per heavy atom. The van der Waals surface area contributed by atoms with Crippen LogP contribution in [0.25, 0.3) is 0 Å². The molecule has 0 spiro atoms. The van der Waals surface area contributed by atoms with Crippen molar-refractivity contribution in [2.24, 2.45) is 11.8 Å². The SMILES string of the molecule is CC(C)CCC1CC(CCC(C)C)OC(C)(c2ccc([S+](c3ccccc3)c3ccc(OC(C)C(F)(F)S(=O)(=O)O)cc3)cc2)O1. The molecule has 0 aliphatic carbocycles. The summed E-state index contributed by atoms with van der Waals surface area (Å²) < 4.78 is 77.9. The summed E-state index contributed by atoms with van der Waals surface area (Å²) in [7, 11) is -6.17. The molecule has 1 heterocycles. The summed E-state index contributed by atoms with van der Waals surface area (Å²) in [5.74, 6) is 0.392. The fourth-order valence-corrected chi connectivity index (χ4v) is 8.11. The summed E-state index contributed by atoms with van der Waals surface area (Å²) >= 11 is 0. The number of benzene rings is 3. The lowest BCUT2D eigenvalue weighted by atomic mass is 9.94. The molecule has 252 valence electrons. The molecule has 3 aromatic rings. The maximum atomic E-state index is 14.1. The molecule has 6 nitrogen and oxygen atoms in total. The molecule has 1 fully saturated rings. The molecule has 10 heteroatoms. The van der Waals surface area contributed by atoms with Gasteiger partial charge in [0, 0.05) is 12.0 Å². The van der Waals surface area contributed by atoms with E-state index in [-0.39, 0.29) is 18.0 Å². The van der Waals surface area contributed by atoms with Crippen LogP contribution < -0.4 is 4.74 Å². The zero-order valence-corrected chi connectivity index (χ0v) is 29.1. The molecular weight excluding hydrogens is 631 g/mol. The van der Waals surface area contributed by atoms with E-state index in [4.69, 9.17) is 18.8 Å². The molecule has 1 N–H and O–H groups in total. The molecule has 0 radical (unpaired) electrons. The largest absolute Gasteiger partial charge is 0.483 e. The van der Waals surface area contributed by atoms with Gasteiger partial charge in [-0.3, -0.25) is 4.55 Å². The van der Waals surface area contributed by atoms with Crippen LogP contribution in [-0.4, -0.2) is 36.5 Å². The molecule has 4 unspecified atom stereocenters. The van der Waals surface area contributed by atoms with Crippen molar-refractivity contribution >= 4 is 21.0 Å². The lowest BCUT2D eigenvalue weighted by Gasteiger charge is -2.43. The van der Waals surface area contributed by atoms with Crippen LogP contribution in [-0.2, 0) is 36.3 Å². The standard InChI is InChI=1S/C36H46F2O6S2/c1-25(2)12-16-30-24-31(17-13-26(3)4)44-35(6,43-30)28-14-20-33(21-15-28)45(32-10-8-7-9-11-32)34-22-18-29(19-23-34)42-27(5)36(37,38)46(39,40)41/h7-11,14-15,18-23,25-27,30-31H,12-13,16-17,24H2,1-6H3/p+1. The van der Waals surface area contributed by atoms with Gasteiger partial charge in [-0.1, -0.05) is 45.9 Å². The first kappa shape index (κ1) is 36.3. The van der Waals surface area contributed by atoms with Gasteiger partial charge >= 0.3 is 15.4 Å². The van der Waals surface area contributed by atoms with Crippen LogP contribution in [0, 0.1) is 11.8 Å². The monoisotopic (exact) mass is 677 g/mol. The Bertz CT molecular complexity index is 1480. The molecular formula is C36H47F2O6S2+. The molecule has 46 heavy (non-hydrogen) atoms. The van der Waals surface area contributed by atoms with Crippen molar-refractivity contribution in [3.8, 4) is 5.75 Å². The average Bonchev–Trinajstić information content (AvgIpc) is 3.00. The van der Waals surface area contributed by atoms with Crippen molar-refractivity contribution in [3.05, 3.63) is 84.4 Å². The van der Waals surface area contributed by atoms with Crippen molar-refractivity contribution in [2.45, 2.75) is 118 Å². The van der Waals surface area contributed by atoms with Gasteiger partial charge in [-0.15, -0.1) is 0 Å². The smallest absolute Gasteiger partial charge is 0.405 e. The Balaban J connectivity index is 1.60. The normalized spacial score (nSPS) is 22.2. The van der Waals surface area contributed by atoms with E-state index in [2.05, 4.69) is 52.0 Å². The minimum absolute atomic E-state index is 0.0603. The highest BCUT2D eigenvalue weighted by Crippen LogP contribution is 2.40. The quantitative estimate of drug-likeness (QED) is 0.135. The van der Waals surface area contributed by atoms with E-state index in [1.54, 1.807) is 12.1 Å². The van der Waals surface area contributed by atoms with E-state index >= 15 is 0 Å². The molecule has 0 bridgehead atoms. The highest BCUT2D eigenvalue weighted by atomic mass is 32.2. The molecule has 3 aromatic carbocycles. The van der Waals surface area contributed by atoms with Crippen LogP contribution >= 0.6 is 0 Å². The molecule has 0 aromatic heterocycles. The Kier molecular flexibility index (Phi) is 12.0. The molecule has 0 saturated carbocycles. The molecule has 1 saturated heterocycles. The lowest BCUT2D eigenvalue weighted by molar-refractivity contribution is -0.320. The van der Waals surface area contributed by atoms with Crippen molar-refractivity contribution in [1.82, 2.24) is 0 Å². The van der Waals surface area contributed by atoms with Crippen LogP contribution in [0.2, 0.25) is 0 Å².